The topological polar surface area (TPSA) is 75.7 Å². The fraction of sp³-hybridized carbons (Fsp3) is 0.526. The van der Waals surface area contributed by atoms with Gasteiger partial charge in [0.15, 0.2) is 5.12 Å². The molecule has 1 rings (SSSR count). The zero-order valence-corrected chi connectivity index (χ0v) is 16.7. The van der Waals surface area contributed by atoms with Crippen LogP contribution in [0.2, 0.25) is 0 Å². The summed E-state index contributed by atoms with van der Waals surface area (Å²) in [5.41, 5.74) is 0.532. The maximum atomic E-state index is 12.4. The molecule has 0 fully saturated rings. The lowest BCUT2D eigenvalue weighted by atomic mass is 10.1. The number of benzene rings is 1. The first kappa shape index (κ1) is 22.0. The second-order valence-corrected chi connectivity index (χ2v) is 8.08. The highest BCUT2D eigenvalue weighted by atomic mass is 32.2. The first-order valence-corrected chi connectivity index (χ1v) is 9.58. The molecule has 0 aliphatic carbocycles. The molecule has 0 saturated carbocycles. The van der Waals surface area contributed by atoms with Gasteiger partial charge in [-0.2, -0.15) is 0 Å². The molecular weight excluding hydrogens is 352 g/mol. The quantitative estimate of drug-likeness (QED) is 0.702. The van der Waals surface area contributed by atoms with Gasteiger partial charge in [0.05, 0.1) is 0 Å². The van der Waals surface area contributed by atoms with Gasteiger partial charge in [-0.3, -0.25) is 9.59 Å². The van der Waals surface area contributed by atoms with E-state index in [4.69, 9.17) is 4.74 Å². The molecule has 0 radical (unpaired) electrons. The third kappa shape index (κ3) is 10.1. The summed E-state index contributed by atoms with van der Waals surface area (Å²) in [6.45, 7) is 7.58. The van der Waals surface area contributed by atoms with E-state index in [2.05, 4.69) is 5.32 Å². The van der Waals surface area contributed by atoms with Crippen molar-refractivity contribution in [3.63, 3.8) is 0 Å². The lowest BCUT2D eigenvalue weighted by Crippen LogP contribution is -2.45. The predicted molar refractivity (Wildman–Crippen MR) is 104 cm³/mol. The Bertz CT molecular complexity index is 599. The van der Waals surface area contributed by atoms with Crippen LogP contribution in [0.5, 0.6) is 0 Å². The number of amides is 2. The number of hydrogen-bond acceptors (Lipinski definition) is 5. The maximum absolute atomic E-state index is 12.4. The number of esters is 1. The van der Waals surface area contributed by atoms with E-state index < -0.39 is 11.6 Å². The largest absolute Gasteiger partial charge is 0.459 e. The van der Waals surface area contributed by atoms with E-state index in [1.54, 1.807) is 25.7 Å². The number of carbonyl (C=O) groups is 3. The lowest BCUT2D eigenvalue weighted by Gasteiger charge is -2.24. The number of ether oxygens (including phenoxy) is 1. The van der Waals surface area contributed by atoms with Gasteiger partial charge in [0.2, 0.25) is 0 Å². The highest BCUT2D eigenvalue weighted by Crippen LogP contribution is 2.07. The van der Waals surface area contributed by atoms with E-state index in [0.29, 0.717) is 25.3 Å². The fourth-order valence-electron chi connectivity index (χ4n) is 2.16. The third-order valence-corrected chi connectivity index (χ3v) is 4.06. The van der Waals surface area contributed by atoms with Gasteiger partial charge in [0, 0.05) is 25.8 Å². The fourth-order valence-corrected chi connectivity index (χ4v) is 2.76. The molecular formula is C19H28N2O4S. The van der Waals surface area contributed by atoms with Gasteiger partial charge in [-0.1, -0.05) is 42.1 Å². The average molecular weight is 381 g/mol. The van der Waals surface area contributed by atoms with Crippen molar-refractivity contribution in [1.82, 2.24) is 10.2 Å². The van der Waals surface area contributed by atoms with E-state index in [1.165, 1.54) is 18.7 Å². The van der Waals surface area contributed by atoms with E-state index in [-0.39, 0.29) is 17.7 Å². The maximum Gasteiger partial charge on any atom is 0.325 e. The Labute approximate surface area is 159 Å². The van der Waals surface area contributed by atoms with Gasteiger partial charge in [-0.15, -0.1) is 0 Å². The molecule has 144 valence electrons. The highest BCUT2D eigenvalue weighted by molar-refractivity contribution is 8.13. The molecule has 1 N–H and O–H groups in total. The number of nitrogens with one attached hydrogen (secondary N) is 1. The van der Waals surface area contributed by atoms with E-state index in [1.807, 2.05) is 30.3 Å². The molecule has 0 aliphatic heterocycles. The zero-order valence-electron chi connectivity index (χ0n) is 15.9. The molecule has 0 spiro atoms. The molecule has 2 amide bonds. The molecule has 0 atom stereocenters. The molecule has 0 unspecified atom stereocenters. The van der Waals surface area contributed by atoms with Gasteiger partial charge in [0.25, 0.3) is 0 Å². The number of rotatable bonds is 8. The lowest BCUT2D eigenvalue weighted by molar-refractivity contribution is -0.153. The summed E-state index contributed by atoms with van der Waals surface area (Å²) in [6.07, 6.45) is 0.700. The highest BCUT2D eigenvalue weighted by Gasteiger charge is 2.19. The second kappa shape index (κ2) is 10.9. The first-order valence-electron chi connectivity index (χ1n) is 8.59. The summed E-state index contributed by atoms with van der Waals surface area (Å²) in [4.78, 5) is 36.9. The van der Waals surface area contributed by atoms with Crippen molar-refractivity contribution in [2.24, 2.45) is 0 Å². The number of carbonyl (C=O) groups excluding carboxylic acids is 3. The van der Waals surface area contributed by atoms with Crippen LogP contribution in [0, 0.1) is 0 Å². The smallest absolute Gasteiger partial charge is 0.325 e. The molecule has 6 nitrogen and oxygen atoms in total. The van der Waals surface area contributed by atoms with Gasteiger partial charge in [-0.05, 0) is 32.8 Å². The Morgan fingerprint density at radius 3 is 2.35 bits per heavy atom. The van der Waals surface area contributed by atoms with Crippen LogP contribution in [0.25, 0.3) is 0 Å². The average Bonchev–Trinajstić information content (AvgIpc) is 2.55. The van der Waals surface area contributed by atoms with Gasteiger partial charge in [0.1, 0.15) is 12.1 Å². The Kier molecular flexibility index (Phi) is 9.19. The van der Waals surface area contributed by atoms with Crippen molar-refractivity contribution in [3.05, 3.63) is 35.9 Å². The van der Waals surface area contributed by atoms with Crippen LogP contribution >= 0.6 is 11.8 Å². The standard InChI is InChI=1S/C19H28N2O4S/c1-15(22)26-13-12-21(11-10-16-8-6-5-7-9-16)18(24)20-14-17(23)25-19(2,3)4/h5-9H,10-14H2,1-4H3,(H,20,24). The van der Waals surface area contributed by atoms with Crippen LogP contribution in [0.1, 0.15) is 33.3 Å². The summed E-state index contributed by atoms with van der Waals surface area (Å²) in [7, 11) is 0. The third-order valence-electron chi connectivity index (χ3n) is 3.27. The van der Waals surface area contributed by atoms with Crippen LogP contribution in [-0.2, 0) is 20.7 Å². The normalized spacial score (nSPS) is 10.9. The summed E-state index contributed by atoms with van der Waals surface area (Å²) < 4.78 is 5.19. The van der Waals surface area contributed by atoms with Gasteiger partial charge >= 0.3 is 12.0 Å². The van der Waals surface area contributed by atoms with E-state index >= 15 is 0 Å². The zero-order chi connectivity index (χ0) is 19.6. The molecule has 0 aliphatic rings. The minimum Gasteiger partial charge on any atom is -0.459 e. The van der Waals surface area contributed by atoms with Gasteiger partial charge in [-0.25, -0.2) is 4.79 Å². The molecule has 0 heterocycles. The van der Waals surface area contributed by atoms with Crippen LogP contribution in [0.3, 0.4) is 0 Å². The van der Waals surface area contributed by atoms with Crippen LogP contribution in [0.15, 0.2) is 30.3 Å². The SMILES string of the molecule is CC(=O)SCCN(CCc1ccccc1)C(=O)NCC(=O)OC(C)(C)C. The first-order chi connectivity index (χ1) is 12.2. The van der Waals surface area contributed by atoms with Crippen molar-refractivity contribution in [2.45, 2.75) is 39.7 Å². The molecule has 0 bridgehead atoms. The molecule has 1 aromatic rings. The van der Waals surface area contributed by atoms with Crippen molar-refractivity contribution in [2.75, 3.05) is 25.4 Å². The molecule has 0 aromatic heterocycles. The number of thioether (sulfide) groups is 1. The van der Waals surface area contributed by atoms with Crippen LogP contribution in [-0.4, -0.2) is 53.0 Å². The monoisotopic (exact) mass is 380 g/mol. The van der Waals surface area contributed by atoms with E-state index in [9.17, 15) is 14.4 Å². The number of nitrogens with zero attached hydrogens (tertiary/aromatic N) is 1. The summed E-state index contributed by atoms with van der Waals surface area (Å²) in [5.74, 6) is 0.0382. The Morgan fingerprint density at radius 1 is 1.12 bits per heavy atom. The second-order valence-electron chi connectivity index (χ2n) is 6.81. The Hall–Kier alpha value is -2.02. The van der Waals surface area contributed by atoms with Crippen molar-refractivity contribution in [3.8, 4) is 0 Å². The van der Waals surface area contributed by atoms with Crippen molar-refractivity contribution in [1.29, 1.82) is 0 Å². The van der Waals surface area contributed by atoms with Crippen LogP contribution < -0.4 is 5.32 Å². The van der Waals surface area contributed by atoms with Gasteiger partial charge < -0.3 is 15.0 Å². The molecule has 1 aromatic carbocycles. The summed E-state index contributed by atoms with van der Waals surface area (Å²) >= 11 is 1.18. The van der Waals surface area contributed by atoms with Crippen LogP contribution in [0.4, 0.5) is 4.79 Å². The molecule has 7 heteroatoms. The van der Waals surface area contributed by atoms with Crippen molar-refractivity contribution < 1.29 is 19.1 Å². The molecule has 0 saturated heterocycles. The number of hydrogen-bond donors (Lipinski definition) is 1. The minimum absolute atomic E-state index is 0.0159. The predicted octanol–water partition coefficient (Wildman–Crippen LogP) is 2.86. The summed E-state index contributed by atoms with van der Waals surface area (Å²) in [5, 5.41) is 2.61. The summed E-state index contributed by atoms with van der Waals surface area (Å²) in [6, 6.07) is 9.51. The molecule has 26 heavy (non-hydrogen) atoms. The van der Waals surface area contributed by atoms with E-state index in [0.717, 1.165) is 5.56 Å². The Balaban J connectivity index is 2.56. The van der Waals surface area contributed by atoms with Crippen molar-refractivity contribution >= 4 is 28.9 Å². The number of urea groups is 1. The minimum atomic E-state index is -0.590. The Morgan fingerprint density at radius 2 is 1.77 bits per heavy atom.